The maximum atomic E-state index is 8.74. The Labute approximate surface area is 108 Å². The number of nitrogens with zero attached hydrogens (tertiary/aromatic N) is 2. The Hall–Kier alpha value is -1.57. The molecule has 0 aliphatic carbocycles. The van der Waals surface area contributed by atoms with E-state index in [0.29, 0.717) is 22.9 Å². The van der Waals surface area contributed by atoms with Gasteiger partial charge in [0.25, 0.3) is 0 Å². The predicted molar refractivity (Wildman–Crippen MR) is 67.4 cm³/mol. The normalized spacial score (nSPS) is 9.94. The molecule has 1 aromatic carbocycles. The first kappa shape index (κ1) is 11.9. The quantitative estimate of drug-likeness (QED) is 0.852. The van der Waals surface area contributed by atoms with Gasteiger partial charge in [-0.3, -0.25) is 0 Å². The zero-order valence-electron chi connectivity index (χ0n) is 9.11. The largest absolute Gasteiger partial charge is 0.487 e. The summed E-state index contributed by atoms with van der Waals surface area (Å²) in [7, 11) is 0. The Morgan fingerprint density at radius 1 is 1.53 bits per heavy atom. The standard InChI is InChI=1S/C12H9ClN2OS/c1-8-15-10(7-17-8)6-16-11-3-2-9(5-14)12(13)4-11/h2-4,7H,6H2,1H3. The van der Waals surface area contributed by atoms with Gasteiger partial charge >= 0.3 is 0 Å². The number of aryl methyl sites for hydroxylation is 1. The first-order chi connectivity index (χ1) is 8.19. The molecule has 0 unspecified atom stereocenters. The van der Waals surface area contributed by atoms with Crippen LogP contribution in [0.15, 0.2) is 23.6 Å². The van der Waals surface area contributed by atoms with Crippen molar-refractivity contribution in [2.45, 2.75) is 13.5 Å². The van der Waals surface area contributed by atoms with Crippen LogP contribution in [0, 0.1) is 18.3 Å². The average molecular weight is 265 g/mol. The number of rotatable bonds is 3. The van der Waals surface area contributed by atoms with Crippen molar-refractivity contribution in [3.63, 3.8) is 0 Å². The van der Waals surface area contributed by atoms with Crippen LogP contribution >= 0.6 is 22.9 Å². The summed E-state index contributed by atoms with van der Waals surface area (Å²) in [5, 5.41) is 12.1. The lowest BCUT2D eigenvalue weighted by molar-refractivity contribution is 0.302. The van der Waals surface area contributed by atoms with Crippen LogP contribution < -0.4 is 4.74 Å². The molecule has 0 spiro atoms. The highest BCUT2D eigenvalue weighted by Crippen LogP contribution is 2.22. The number of halogens is 1. The van der Waals surface area contributed by atoms with Crippen LogP contribution in [0.3, 0.4) is 0 Å². The van der Waals surface area contributed by atoms with Gasteiger partial charge in [-0.1, -0.05) is 11.6 Å². The summed E-state index contributed by atoms with van der Waals surface area (Å²) in [6.45, 7) is 2.36. The summed E-state index contributed by atoms with van der Waals surface area (Å²) in [4.78, 5) is 4.29. The molecule has 0 radical (unpaired) electrons. The molecule has 0 atom stereocenters. The van der Waals surface area contributed by atoms with Crippen LogP contribution in [0.4, 0.5) is 0 Å². The molecule has 17 heavy (non-hydrogen) atoms. The van der Waals surface area contributed by atoms with Gasteiger partial charge in [-0.25, -0.2) is 4.98 Å². The number of thiazole rings is 1. The van der Waals surface area contributed by atoms with Gasteiger partial charge in [0.05, 0.1) is 21.3 Å². The van der Waals surface area contributed by atoms with Crippen LogP contribution in [-0.2, 0) is 6.61 Å². The maximum Gasteiger partial charge on any atom is 0.131 e. The zero-order chi connectivity index (χ0) is 12.3. The van der Waals surface area contributed by atoms with E-state index in [4.69, 9.17) is 21.6 Å². The van der Waals surface area contributed by atoms with Gasteiger partial charge in [-0.15, -0.1) is 11.3 Å². The smallest absolute Gasteiger partial charge is 0.131 e. The average Bonchev–Trinajstić information content (AvgIpc) is 2.73. The highest BCUT2D eigenvalue weighted by atomic mass is 35.5. The van der Waals surface area contributed by atoms with Gasteiger partial charge < -0.3 is 4.74 Å². The molecule has 0 fully saturated rings. The third-order valence-corrected chi connectivity index (χ3v) is 3.25. The van der Waals surface area contributed by atoms with Gasteiger partial charge in [-0.05, 0) is 19.1 Å². The molecule has 2 rings (SSSR count). The fourth-order valence-electron chi connectivity index (χ4n) is 1.31. The van der Waals surface area contributed by atoms with Gasteiger partial charge in [0, 0.05) is 11.4 Å². The molecular weight excluding hydrogens is 256 g/mol. The van der Waals surface area contributed by atoms with Crippen LogP contribution in [0.5, 0.6) is 5.75 Å². The summed E-state index contributed by atoms with van der Waals surface area (Å²) in [6, 6.07) is 7.01. The van der Waals surface area contributed by atoms with Crippen molar-refractivity contribution >= 4 is 22.9 Å². The lowest BCUT2D eigenvalue weighted by Gasteiger charge is -2.05. The third-order valence-electron chi connectivity index (χ3n) is 2.11. The van der Waals surface area contributed by atoms with Crippen molar-refractivity contribution in [2.75, 3.05) is 0 Å². The van der Waals surface area contributed by atoms with E-state index < -0.39 is 0 Å². The maximum absolute atomic E-state index is 8.74. The molecule has 0 N–H and O–H groups in total. The Kier molecular flexibility index (Phi) is 3.62. The van der Waals surface area contributed by atoms with Crippen molar-refractivity contribution in [1.29, 1.82) is 5.26 Å². The number of nitriles is 1. The first-order valence-corrected chi connectivity index (χ1v) is 6.18. The van der Waals surface area contributed by atoms with E-state index in [1.807, 2.05) is 18.4 Å². The summed E-state index contributed by atoms with van der Waals surface area (Å²) >= 11 is 7.49. The van der Waals surface area contributed by atoms with Crippen LogP contribution in [0.1, 0.15) is 16.3 Å². The second-order valence-electron chi connectivity index (χ2n) is 3.40. The zero-order valence-corrected chi connectivity index (χ0v) is 10.7. The second-order valence-corrected chi connectivity index (χ2v) is 4.87. The lowest BCUT2D eigenvalue weighted by atomic mass is 10.2. The molecule has 0 aliphatic heterocycles. The van der Waals surface area contributed by atoms with Crippen molar-refractivity contribution in [3.05, 3.63) is 44.9 Å². The molecule has 0 saturated heterocycles. The molecule has 0 bridgehead atoms. The Bertz CT molecular complexity index is 574. The SMILES string of the molecule is Cc1nc(COc2ccc(C#N)c(Cl)c2)cs1. The van der Waals surface area contributed by atoms with Crippen molar-refractivity contribution < 1.29 is 4.74 Å². The summed E-state index contributed by atoms with van der Waals surface area (Å²) in [5.74, 6) is 0.639. The molecule has 0 aliphatic rings. The number of hydrogen-bond acceptors (Lipinski definition) is 4. The number of ether oxygens (including phenoxy) is 1. The van der Waals surface area contributed by atoms with Gasteiger partial charge in [0.15, 0.2) is 0 Å². The number of hydrogen-bond donors (Lipinski definition) is 0. The molecule has 2 aromatic rings. The second kappa shape index (κ2) is 5.17. The Balaban J connectivity index is 2.05. The minimum atomic E-state index is 0.402. The number of aromatic nitrogens is 1. The molecule has 1 aromatic heterocycles. The monoisotopic (exact) mass is 264 g/mol. The van der Waals surface area contributed by atoms with E-state index in [9.17, 15) is 0 Å². The van der Waals surface area contributed by atoms with E-state index >= 15 is 0 Å². The molecular formula is C12H9ClN2OS. The molecule has 1 heterocycles. The lowest BCUT2D eigenvalue weighted by Crippen LogP contribution is -1.96. The van der Waals surface area contributed by atoms with Crippen LogP contribution in [0.25, 0.3) is 0 Å². The van der Waals surface area contributed by atoms with Crippen molar-refractivity contribution in [1.82, 2.24) is 4.98 Å². The Morgan fingerprint density at radius 3 is 2.94 bits per heavy atom. The summed E-state index contributed by atoms with van der Waals surface area (Å²) in [5.41, 5.74) is 1.34. The fourth-order valence-corrected chi connectivity index (χ4v) is 2.12. The molecule has 0 saturated carbocycles. The molecule has 0 amide bonds. The summed E-state index contributed by atoms with van der Waals surface area (Å²) in [6.07, 6.45) is 0. The minimum Gasteiger partial charge on any atom is -0.487 e. The van der Waals surface area contributed by atoms with Crippen LogP contribution in [-0.4, -0.2) is 4.98 Å². The predicted octanol–water partition coefficient (Wildman–Crippen LogP) is 3.56. The first-order valence-electron chi connectivity index (χ1n) is 4.92. The topological polar surface area (TPSA) is 45.9 Å². The summed E-state index contributed by atoms with van der Waals surface area (Å²) < 4.78 is 5.54. The van der Waals surface area contributed by atoms with Gasteiger partial charge in [0.1, 0.15) is 18.4 Å². The molecule has 3 nitrogen and oxygen atoms in total. The molecule has 5 heteroatoms. The van der Waals surface area contributed by atoms with E-state index in [2.05, 4.69) is 4.98 Å². The number of benzene rings is 1. The van der Waals surface area contributed by atoms with Crippen molar-refractivity contribution in [3.8, 4) is 11.8 Å². The van der Waals surface area contributed by atoms with E-state index in [-0.39, 0.29) is 0 Å². The van der Waals surface area contributed by atoms with Gasteiger partial charge in [0.2, 0.25) is 0 Å². The third kappa shape index (κ3) is 2.96. The fraction of sp³-hybridized carbons (Fsp3) is 0.167. The Morgan fingerprint density at radius 2 is 2.35 bits per heavy atom. The molecule has 86 valence electrons. The van der Waals surface area contributed by atoms with Crippen molar-refractivity contribution in [2.24, 2.45) is 0 Å². The van der Waals surface area contributed by atoms with Crippen LogP contribution in [0.2, 0.25) is 5.02 Å². The minimum absolute atomic E-state index is 0.402. The highest BCUT2D eigenvalue weighted by molar-refractivity contribution is 7.09. The van der Waals surface area contributed by atoms with E-state index in [1.165, 1.54) is 0 Å². The highest BCUT2D eigenvalue weighted by Gasteiger charge is 2.03. The van der Waals surface area contributed by atoms with E-state index in [0.717, 1.165) is 10.7 Å². The van der Waals surface area contributed by atoms with Gasteiger partial charge in [-0.2, -0.15) is 5.26 Å². The van der Waals surface area contributed by atoms with E-state index in [1.54, 1.807) is 29.5 Å².